The normalized spacial score (nSPS) is 10.5. The van der Waals surface area contributed by atoms with Crippen LogP contribution >= 0.6 is 0 Å². The van der Waals surface area contributed by atoms with Crippen molar-refractivity contribution < 1.29 is 0 Å². The van der Waals surface area contributed by atoms with Crippen LogP contribution in [0.1, 0.15) is 11.3 Å². The second-order valence-electron chi connectivity index (χ2n) is 5.14. The van der Waals surface area contributed by atoms with E-state index in [0.29, 0.717) is 18.2 Å². The summed E-state index contributed by atoms with van der Waals surface area (Å²) < 4.78 is 1.01. The van der Waals surface area contributed by atoms with Crippen LogP contribution in [0.5, 0.6) is 0 Å². The van der Waals surface area contributed by atoms with Crippen molar-refractivity contribution in [1.29, 1.82) is 0 Å². The molecule has 2 heterocycles. The maximum absolute atomic E-state index is 12.2. The molecule has 3 aromatic rings. The third-order valence-electron chi connectivity index (χ3n) is 3.36. The van der Waals surface area contributed by atoms with Gasteiger partial charge in [-0.1, -0.05) is 36.4 Å². The number of rotatable bonds is 4. The van der Waals surface area contributed by atoms with Gasteiger partial charge in [0.2, 0.25) is 0 Å². The van der Waals surface area contributed by atoms with Crippen molar-refractivity contribution in [3.63, 3.8) is 0 Å². The van der Waals surface area contributed by atoms with E-state index in [0.717, 1.165) is 15.8 Å². The van der Waals surface area contributed by atoms with Crippen LogP contribution in [-0.2, 0) is 6.54 Å². The fraction of sp³-hybridized carbons (Fsp3) is 0.118. The molecule has 0 fully saturated rings. The highest BCUT2D eigenvalue weighted by Crippen LogP contribution is 2.04. The van der Waals surface area contributed by atoms with Crippen LogP contribution in [0.3, 0.4) is 0 Å². The number of benzene rings is 1. The molecular weight excluding hydrogens is 292 g/mol. The molecule has 0 atom stereocenters. The molecule has 6 nitrogen and oxygen atoms in total. The number of anilines is 1. The first kappa shape index (κ1) is 14.8. The minimum Gasteiger partial charge on any atom is -0.367 e. The molecule has 0 unspecified atom stereocenters. The zero-order chi connectivity index (χ0) is 16.2. The lowest BCUT2D eigenvalue weighted by atomic mass is 10.2. The van der Waals surface area contributed by atoms with E-state index in [9.17, 15) is 9.59 Å². The van der Waals surface area contributed by atoms with E-state index in [2.05, 4.69) is 15.3 Å². The Hall–Kier alpha value is -3.15. The first-order valence-electron chi connectivity index (χ1n) is 7.22. The summed E-state index contributed by atoms with van der Waals surface area (Å²) in [5, 5.41) is 3.04. The molecule has 0 spiro atoms. The molecule has 3 rings (SSSR count). The van der Waals surface area contributed by atoms with E-state index in [1.54, 1.807) is 25.1 Å². The third kappa shape index (κ3) is 3.37. The molecular formula is C17H16N4O2. The largest absolute Gasteiger partial charge is 0.367 e. The Kier molecular flexibility index (Phi) is 4.05. The Morgan fingerprint density at radius 1 is 1.09 bits per heavy atom. The number of aromatic amines is 1. The Morgan fingerprint density at radius 2 is 1.87 bits per heavy atom. The van der Waals surface area contributed by atoms with Crippen molar-refractivity contribution in [2.24, 2.45) is 0 Å². The summed E-state index contributed by atoms with van der Waals surface area (Å²) in [6.45, 7) is 2.32. The van der Waals surface area contributed by atoms with E-state index in [-0.39, 0.29) is 0 Å². The number of hydrogen-bond donors (Lipinski definition) is 2. The predicted octanol–water partition coefficient (Wildman–Crippen LogP) is 1.84. The third-order valence-corrected chi connectivity index (χ3v) is 3.36. The summed E-state index contributed by atoms with van der Waals surface area (Å²) in [6, 6.07) is 16.3. The molecule has 0 amide bonds. The van der Waals surface area contributed by atoms with E-state index in [1.165, 1.54) is 6.07 Å². The van der Waals surface area contributed by atoms with Crippen molar-refractivity contribution in [3.05, 3.63) is 86.7 Å². The Balaban J connectivity index is 1.89. The van der Waals surface area contributed by atoms with Gasteiger partial charge in [0.05, 0.1) is 0 Å². The molecule has 0 aliphatic rings. The molecule has 0 bridgehead atoms. The molecule has 2 aromatic heterocycles. The molecule has 0 saturated heterocycles. The molecule has 0 aliphatic heterocycles. The number of nitrogens with one attached hydrogen (secondary N) is 2. The minimum absolute atomic E-state index is 0.311. The van der Waals surface area contributed by atoms with Crippen molar-refractivity contribution in [2.45, 2.75) is 13.5 Å². The Morgan fingerprint density at radius 3 is 2.57 bits per heavy atom. The van der Waals surface area contributed by atoms with Crippen LogP contribution < -0.4 is 16.6 Å². The fourth-order valence-electron chi connectivity index (χ4n) is 2.25. The van der Waals surface area contributed by atoms with Crippen LogP contribution in [0.25, 0.3) is 5.82 Å². The zero-order valence-corrected chi connectivity index (χ0v) is 12.6. The first-order chi connectivity index (χ1) is 11.1. The molecule has 23 heavy (non-hydrogen) atoms. The van der Waals surface area contributed by atoms with Gasteiger partial charge in [-0.2, -0.15) is 0 Å². The van der Waals surface area contributed by atoms with Gasteiger partial charge >= 0.3 is 5.69 Å². The van der Waals surface area contributed by atoms with Crippen molar-refractivity contribution in [1.82, 2.24) is 14.5 Å². The average Bonchev–Trinajstić information content (AvgIpc) is 2.53. The Bertz CT molecular complexity index is 898. The number of aryl methyl sites for hydroxylation is 1. The minimum atomic E-state index is -0.522. The summed E-state index contributed by atoms with van der Waals surface area (Å²) in [6.07, 6.45) is 0. The zero-order valence-electron chi connectivity index (χ0n) is 12.6. The smallest absolute Gasteiger partial charge is 0.335 e. The molecule has 6 heteroatoms. The second kappa shape index (κ2) is 6.31. The number of aromatic nitrogens is 3. The van der Waals surface area contributed by atoms with E-state index < -0.39 is 11.2 Å². The number of H-pyrrole nitrogens is 1. The molecule has 0 saturated carbocycles. The van der Waals surface area contributed by atoms with Gasteiger partial charge < -0.3 is 5.32 Å². The maximum Gasteiger partial charge on any atom is 0.335 e. The lowest BCUT2D eigenvalue weighted by Crippen LogP contribution is -2.34. The molecule has 0 radical (unpaired) electrons. The fourth-order valence-corrected chi connectivity index (χ4v) is 2.25. The summed E-state index contributed by atoms with van der Waals surface area (Å²) in [4.78, 5) is 31.3. The van der Waals surface area contributed by atoms with Gasteiger partial charge in [-0.15, -0.1) is 0 Å². The lowest BCUT2D eigenvalue weighted by Gasteiger charge is -2.08. The van der Waals surface area contributed by atoms with Crippen LogP contribution in [0, 0.1) is 6.92 Å². The lowest BCUT2D eigenvalue weighted by molar-refractivity contribution is 0.840. The molecule has 116 valence electrons. The number of hydrogen-bond acceptors (Lipinski definition) is 4. The van der Waals surface area contributed by atoms with Crippen LogP contribution in [0.15, 0.2) is 64.2 Å². The van der Waals surface area contributed by atoms with Crippen molar-refractivity contribution in [2.75, 3.05) is 5.32 Å². The average molecular weight is 308 g/mol. The summed E-state index contributed by atoms with van der Waals surface area (Å²) in [5.41, 5.74) is 0.839. The van der Waals surface area contributed by atoms with Gasteiger partial charge in [0.25, 0.3) is 5.56 Å². The van der Waals surface area contributed by atoms with E-state index in [1.807, 2.05) is 30.3 Å². The van der Waals surface area contributed by atoms with Gasteiger partial charge in [0, 0.05) is 18.3 Å². The van der Waals surface area contributed by atoms with Crippen LogP contribution in [0.4, 0.5) is 5.82 Å². The summed E-state index contributed by atoms with van der Waals surface area (Å²) in [7, 11) is 0. The SMILES string of the molecule is Cc1cccc(-n2c(=O)cc(NCc3ccccc3)[nH]c2=O)n1. The second-order valence-corrected chi connectivity index (χ2v) is 5.14. The topological polar surface area (TPSA) is 79.8 Å². The van der Waals surface area contributed by atoms with Crippen molar-refractivity contribution >= 4 is 5.82 Å². The number of nitrogens with zero attached hydrogens (tertiary/aromatic N) is 2. The van der Waals surface area contributed by atoms with Gasteiger partial charge in [-0.05, 0) is 24.6 Å². The number of pyridine rings is 1. The van der Waals surface area contributed by atoms with E-state index in [4.69, 9.17) is 0 Å². The molecule has 0 aliphatic carbocycles. The first-order valence-corrected chi connectivity index (χ1v) is 7.22. The monoisotopic (exact) mass is 308 g/mol. The summed E-state index contributed by atoms with van der Waals surface area (Å²) in [5.74, 6) is 0.693. The predicted molar refractivity (Wildman–Crippen MR) is 89.0 cm³/mol. The highest BCUT2D eigenvalue weighted by Gasteiger charge is 2.08. The highest BCUT2D eigenvalue weighted by molar-refractivity contribution is 5.35. The molecule has 2 N–H and O–H groups in total. The quantitative estimate of drug-likeness (QED) is 0.771. The van der Waals surface area contributed by atoms with Crippen molar-refractivity contribution in [3.8, 4) is 5.82 Å². The Labute approximate surface area is 132 Å². The highest BCUT2D eigenvalue weighted by atomic mass is 16.2. The van der Waals surface area contributed by atoms with Gasteiger partial charge in [-0.25, -0.2) is 14.3 Å². The van der Waals surface area contributed by atoms with Gasteiger partial charge in [-0.3, -0.25) is 9.78 Å². The maximum atomic E-state index is 12.2. The molecule has 1 aromatic carbocycles. The van der Waals surface area contributed by atoms with Gasteiger partial charge in [0.15, 0.2) is 0 Å². The van der Waals surface area contributed by atoms with Crippen LogP contribution in [0.2, 0.25) is 0 Å². The van der Waals surface area contributed by atoms with Gasteiger partial charge in [0.1, 0.15) is 11.6 Å². The standard InChI is InChI=1S/C17H16N4O2/c1-12-6-5-9-15(19-12)21-16(22)10-14(20-17(21)23)18-11-13-7-3-2-4-8-13/h2-10,18H,11H2,1H3,(H,20,23). The van der Waals surface area contributed by atoms with Crippen LogP contribution in [-0.4, -0.2) is 14.5 Å². The summed E-state index contributed by atoms with van der Waals surface area (Å²) >= 11 is 0. The van der Waals surface area contributed by atoms with E-state index >= 15 is 0 Å².